The summed E-state index contributed by atoms with van der Waals surface area (Å²) in [4.78, 5) is 2.24. The van der Waals surface area contributed by atoms with Gasteiger partial charge in [-0.05, 0) is 48.7 Å². The molecule has 0 saturated carbocycles. The van der Waals surface area contributed by atoms with Gasteiger partial charge in [0.25, 0.3) is 0 Å². The molecule has 1 unspecified atom stereocenters. The van der Waals surface area contributed by atoms with Crippen LogP contribution in [0.25, 0.3) is 0 Å². The number of hydrogen-bond donors (Lipinski definition) is 1. The van der Waals surface area contributed by atoms with Crippen LogP contribution in [0.1, 0.15) is 18.1 Å². The second-order valence-corrected chi connectivity index (χ2v) is 7.21. The zero-order valence-electron chi connectivity index (χ0n) is 12.3. The van der Waals surface area contributed by atoms with E-state index in [0.29, 0.717) is 0 Å². The lowest BCUT2D eigenvalue weighted by atomic mass is 10.1. The van der Waals surface area contributed by atoms with Crippen LogP contribution >= 0.6 is 31.9 Å². The fourth-order valence-corrected chi connectivity index (χ4v) is 3.03. The number of nitrogens with zero attached hydrogens (tertiary/aromatic N) is 1. The SMILES string of the molecule is CC(N)Cc1ccc(N(C)Cc2ccc(Br)cc2)cc1Br. The minimum Gasteiger partial charge on any atom is -0.370 e. The molecule has 1 atom stereocenters. The Balaban J connectivity index is 2.10. The van der Waals surface area contributed by atoms with Crippen molar-refractivity contribution in [2.24, 2.45) is 5.73 Å². The van der Waals surface area contributed by atoms with Crippen LogP contribution < -0.4 is 10.6 Å². The predicted molar refractivity (Wildman–Crippen MR) is 97.7 cm³/mol. The molecule has 2 aromatic carbocycles. The summed E-state index contributed by atoms with van der Waals surface area (Å²) in [5.74, 6) is 0. The Labute approximate surface area is 143 Å². The molecule has 21 heavy (non-hydrogen) atoms. The van der Waals surface area contributed by atoms with E-state index in [1.807, 2.05) is 6.92 Å². The first kappa shape index (κ1) is 16.5. The lowest BCUT2D eigenvalue weighted by Crippen LogP contribution is -2.19. The van der Waals surface area contributed by atoms with Crippen LogP contribution in [0.3, 0.4) is 0 Å². The fourth-order valence-electron chi connectivity index (χ4n) is 2.24. The van der Waals surface area contributed by atoms with E-state index in [9.17, 15) is 0 Å². The first-order valence-electron chi connectivity index (χ1n) is 6.95. The van der Waals surface area contributed by atoms with Gasteiger partial charge in [0.05, 0.1) is 0 Å². The summed E-state index contributed by atoms with van der Waals surface area (Å²) in [6, 6.07) is 15.1. The Bertz CT molecular complexity index is 594. The Morgan fingerprint density at radius 1 is 1.10 bits per heavy atom. The van der Waals surface area contributed by atoms with Gasteiger partial charge in [-0.3, -0.25) is 0 Å². The highest BCUT2D eigenvalue weighted by atomic mass is 79.9. The quantitative estimate of drug-likeness (QED) is 0.769. The third-order valence-electron chi connectivity index (χ3n) is 3.35. The largest absolute Gasteiger partial charge is 0.370 e. The molecule has 0 amide bonds. The lowest BCUT2D eigenvalue weighted by Gasteiger charge is -2.21. The molecule has 0 bridgehead atoms. The van der Waals surface area contributed by atoms with Crippen LogP contribution in [-0.4, -0.2) is 13.1 Å². The van der Waals surface area contributed by atoms with Crippen molar-refractivity contribution in [3.63, 3.8) is 0 Å². The van der Waals surface area contributed by atoms with Crippen molar-refractivity contribution in [1.29, 1.82) is 0 Å². The summed E-state index contributed by atoms with van der Waals surface area (Å²) in [5.41, 5.74) is 9.61. The van der Waals surface area contributed by atoms with Crippen molar-refractivity contribution >= 4 is 37.5 Å². The molecule has 2 rings (SSSR count). The van der Waals surface area contributed by atoms with Gasteiger partial charge in [-0.1, -0.05) is 50.1 Å². The number of anilines is 1. The van der Waals surface area contributed by atoms with Gasteiger partial charge in [0.15, 0.2) is 0 Å². The summed E-state index contributed by atoms with van der Waals surface area (Å²) in [6.07, 6.45) is 0.886. The van der Waals surface area contributed by atoms with Gasteiger partial charge in [-0.25, -0.2) is 0 Å². The lowest BCUT2D eigenvalue weighted by molar-refractivity contribution is 0.736. The second-order valence-electron chi connectivity index (χ2n) is 5.44. The first-order valence-corrected chi connectivity index (χ1v) is 8.54. The van der Waals surface area contributed by atoms with Crippen LogP contribution in [0.5, 0.6) is 0 Å². The van der Waals surface area contributed by atoms with E-state index in [4.69, 9.17) is 5.73 Å². The molecule has 0 aliphatic carbocycles. The molecule has 0 aliphatic heterocycles. The van der Waals surface area contributed by atoms with Crippen LogP contribution in [0, 0.1) is 0 Å². The maximum absolute atomic E-state index is 5.87. The molecule has 0 aliphatic rings. The normalized spacial score (nSPS) is 12.2. The molecule has 0 spiro atoms. The summed E-state index contributed by atoms with van der Waals surface area (Å²) in [7, 11) is 2.11. The van der Waals surface area contributed by atoms with Gasteiger partial charge in [0.1, 0.15) is 0 Å². The fraction of sp³-hybridized carbons (Fsp3) is 0.294. The van der Waals surface area contributed by atoms with Gasteiger partial charge in [-0.15, -0.1) is 0 Å². The van der Waals surface area contributed by atoms with Crippen molar-refractivity contribution < 1.29 is 0 Å². The Kier molecular flexibility index (Phi) is 5.85. The second kappa shape index (κ2) is 7.43. The Morgan fingerprint density at radius 2 is 1.76 bits per heavy atom. The molecule has 2 aromatic rings. The maximum Gasteiger partial charge on any atom is 0.0426 e. The highest BCUT2D eigenvalue weighted by Gasteiger charge is 2.07. The van der Waals surface area contributed by atoms with Crippen LogP contribution in [0.2, 0.25) is 0 Å². The molecular formula is C17H20Br2N2. The van der Waals surface area contributed by atoms with Gasteiger partial charge in [0.2, 0.25) is 0 Å². The number of halogens is 2. The Hall–Kier alpha value is -0.840. The molecule has 0 saturated heterocycles. The van der Waals surface area contributed by atoms with Crippen molar-refractivity contribution in [3.8, 4) is 0 Å². The minimum absolute atomic E-state index is 0.174. The maximum atomic E-state index is 5.87. The monoisotopic (exact) mass is 410 g/mol. The van der Waals surface area contributed by atoms with Crippen LogP contribution in [-0.2, 0) is 13.0 Å². The molecule has 2 nitrogen and oxygen atoms in total. The van der Waals surface area contributed by atoms with Crippen molar-refractivity contribution in [2.45, 2.75) is 25.9 Å². The van der Waals surface area contributed by atoms with Crippen LogP contribution in [0.4, 0.5) is 5.69 Å². The summed E-state index contributed by atoms with van der Waals surface area (Å²) in [6.45, 7) is 2.91. The standard InChI is InChI=1S/C17H20Br2N2/c1-12(20)9-14-5-8-16(10-17(14)19)21(2)11-13-3-6-15(18)7-4-13/h3-8,10,12H,9,11,20H2,1-2H3. The zero-order valence-corrected chi connectivity index (χ0v) is 15.5. The van der Waals surface area contributed by atoms with E-state index in [2.05, 4.69) is 86.3 Å². The minimum atomic E-state index is 0.174. The van der Waals surface area contributed by atoms with Gasteiger partial charge < -0.3 is 10.6 Å². The molecule has 0 heterocycles. The predicted octanol–water partition coefficient (Wildman–Crippen LogP) is 4.74. The number of hydrogen-bond acceptors (Lipinski definition) is 2. The van der Waals surface area contributed by atoms with Crippen LogP contribution in [0.15, 0.2) is 51.4 Å². The number of nitrogens with two attached hydrogens (primary N) is 1. The van der Waals surface area contributed by atoms with E-state index in [-0.39, 0.29) is 6.04 Å². The van der Waals surface area contributed by atoms with E-state index < -0.39 is 0 Å². The molecule has 0 radical (unpaired) electrons. The molecular weight excluding hydrogens is 392 g/mol. The highest BCUT2D eigenvalue weighted by molar-refractivity contribution is 9.10. The highest BCUT2D eigenvalue weighted by Crippen LogP contribution is 2.25. The van der Waals surface area contributed by atoms with E-state index in [0.717, 1.165) is 21.9 Å². The zero-order chi connectivity index (χ0) is 15.4. The van der Waals surface area contributed by atoms with Gasteiger partial charge >= 0.3 is 0 Å². The summed E-state index contributed by atoms with van der Waals surface area (Å²) >= 11 is 7.11. The van der Waals surface area contributed by atoms with E-state index in [1.165, 1.54) is 16.8 Å². The average molecular weight is 412 g/mol. The van der Waals surface area contributed by atoms with Crippen molar-refractivity contribution in [1.82, 2.24) is 0 Å². The Morgan fingerprint density at radius 3 is 2.33 bits per heavy atom. The van der Waals surface area contributed by atoms with Gasteiger partial charge in [0, 0.05) is 34.3 Å². The third kappa shape index (κ3) is 4.83. The van der Waals surface area contributed by atoms with Crippen molar-refractivity contribution in [2.75, 3.05) is 11.9 Å². The number of rotatable bonds is 5. The van der Waals surface area contributed by atoms with E-state index >= 15 is 0 Å². The van der Waals surface area contributed by atoms with Gasteiger partial charge in [-0.2, -0.15) is 0 Å². The molecule has 0 fully saturated rings. The topological polar surface area (TPSA) is 29.3 Å². The molecule has 2 N–H and O–H groups in total. The number of benzene rings is 2. The molecule has 4 heteroatoms. The first-order chi connectivity index (χ1) is 9.95. The van der Waals surface area contributed by atoms with E-state index in [1.54, 1.807) is 0 Å². The van der Waals surface area contributed by atoms with Crippen molar-refractivity contribution in [3.05, 3.63) is 62.5 Å². The third-order valence-corrected chi connectivity index (χ3v) is 4.62. The summed E-state index contributed by atoms with van der Waals surface area (Å²) in [5, 5.41) is 0. The smallest absolute Gasteiger partial charge is 0.0426 e. The molecule has 112 valence electrons. The average Bonchev–Trinajstić information content (AvgIpc) is 2.43. The summed E-state index contributed by atoms with van der Waals surface area (Å²) < 4.78 is 2.23. The molecule has 0 aromatic heterocycles.